The van der Waals surface area contributed by atoms with Crippen molar-refractivity contribution in [3.05, 3.63) is 54.1 Å². The van der Waals surface area contributed by atoms with Gasteiger partial charge in [-0.15, -0.1) is 0 Å². The SMILES string of the molecule is CCCCOC(=O)c1ccc(NC(=O)N2CCN(c3ccccc3O)CC2)cc1. The van der Waals surface area contributed by atoms with Gasteiger partial charge < -0.3 is 25.0 Å². The average Bonchev–Trinajstić information content (AvgIpc) is 2.75. The Morgan fingerprint density at radius 3 is 2.38 bits per heavy atom. The van der Waals surface area contributed by atoms with E-state index in [2.05, 4.69) is 10.2 Å². The molecular weight excluding hydrogens is 370 g/mol. The fourth-order valence-corrected chi connectivity index (χ4v) is 3.17. The highest BCUT2D eigenvalue weighted by molar-refractivity contribution is 5.92. The largest absolute Gasteiger partial charge is 0.506 e. The molecule has 0 atom stereocenters. The van der Waals surface area contributed by atoms with E-state index in [1.54, 1.807) is 41.3 Å². The van der Waals surface area contributed by atoms with E-state index in [-0.39, 0.29) is 17.7 Å². The first-order valence-corrected chi connectivity index (χ1v) is 9.94. The summed E-state index contributed by atoms with van der Waals surface area (Å²) in [6.45, 7) is 4.86. The van der Waals surface area contributed by atoms with Gasteiger partial charge in [0.05, 0.1) is 17.9 Å². The highest BCUT2D eigenvalue weighted by Crippen LogP contribution is 2.27. The summed E-state index contributed by atoms with van der Waals surface area (Å²) in [7, 11) is 0. The second-order valence-corrected chi connectivity index (χ2v) is 6.96. The predicted molar refractivity (Wildman–Crippen MR) is 113 cm³/mol. The lowest BCUT2D eigenvalue weighted by Crippen LogP contribution is -2.50. The number of carbonyl (C=O) groups is 2. The zero-order valence-electron chi connectivity index (χ0n) is 16.6. The Balaban J connectivity index is 1.49. The number of phenols is 1. The molecule has 0 saturated carbocycles. The first-order valence-electron chi connectivity index (χ1n) is 9.94. The van der Waals surface area contributed by atoms with E-state index in [1.165, 1.54) is 0 Å². The fourth-order valence-electron chi connectivity index (χ4n) is 3.17. The molecule has 29 heavy (non-hydrogen) atoms. The molecule has 3 rings (SSSR count). The van der Waals surface area contributed by atoms with Gasteiger partial charge in [-0.05, 0) is 42.8 Å². The van der Waals surface area contributed by atoms with Gasteiger partial charge in [-0.3, -0.25) is 0 Å². The van der Waals surface area contributed by atoms with Gasteiger partial charge in [-0.1, -0.05) is 25.5 Å². The number of amides is 2. The fraction of sp³-hybridized carbons (Fsp3) is 0.364. The van der Waals surface area contributed by atoms with Crippen LogP contribution in [0.15, 0.2) is 48.5 Å². The number of rotatable bonds is 6. The summed E-state index contributed by atoms with van der Waals surface area (Å²) in [6.07, 6.45) is 1.82. The highest BCUT2D eigenvalue weighted by atomic mass is 16.5. The second kappa shape index (κ2) is 9.82. The average molecular weight is 397 g/mol. The first kappa shape index (κ1) is 20.5. The number of nitrogens with one attached hydrogen (secondary N) is 1. The van der Waals surface area contributed by atoms with Crippen LogP contribution in [0.5, 0.6) is 5.75 Å². The minimum Gasteiger partial charge on any atom is -0.506 e. The molecule has 7 nitrogen and oxygen atoms in total. The Morgan fingerprint density at radius 1 is 1.03 bits per heavy atom. The smallest absolute Gasteiger partial charge is 0.338 e. The Bertz CT molecular complexity index is 830. The topological polar surface area (TPSA) is 82.1 Å². The van der Waals surface area contributed by atoms with Crippen LogP contribution >= 0.6 is 0 Å². The molecule has 154 valence electrons. The summed E-state index contributed by atoms with van der Waals surface area (Å²) in [5, 5.41) is 12.9. The van der Waals surface area contributed by atoms with Gasteiger partial charge in [-0.2, -0.15) is 0 Å². The van der Waals surface area contributed by atoms with Crippen molar-refractivity contribution < 1.29 is 19.4 Å². The van der Waals surface area contributed by atoms with Crippen molar-refractivity contribution in [3.8, 4) is 5.75 Å². The van der Waals surface area contributed by atoms with E-state index < -0.39 is 0 Å². The number of aromatic hydroxyl groups is 1. The molecule has 0 bridgehead atoms. The highest BCUT2D eigenvalue weighted by Gasteiger charge is 2.22. The molecule has 2 amide bonds. The van der Waals surface area contributed by atoms with Crippen LogP contribution in [0.25, 0.3) is 0 Å². The lowest BCUT2D eigenvalue weighted by Gasteiger charge is -2.36. The number of hydrogen-bond donors (Lipinski definition) is 2. The molecule has 1 aliphatic heterocycles. The number of anilines is 2. The molecule has 2 N–H and O–H groups in total. The third-order valence-electron chi connectivity index (χ3n) is 4.89. The third kappa shape index (κ3) is 5.40. The number of nitrogens with zero attached hydrogens (tertiary/aromatic N) is 2. The molecule has 0 unspecified atom stereocenters. The zero-order chi connectivity index (χ0) is 20.6. The van der Waals surface area contributed by atoms with Crippen LogP contribution in [0.4, 0.5) is 16.2 Å². The molecule has 0 aromatic heterocycles. The summed E-state index contributed by atoms with van der Waals surface area (Å²) in [6, 6.07) is 13.7. The number of unbranched alkanes of at least 4 members (excludes halogenated alkanes) is 1. The van der Waals surface area contributed by atoms with Gasteiger partial charge >= 0.3 is 12.0 Å². The van der Waals surface area contributed by atoms with E-state index in [0.29, 0.717) is 44.0 Å². The minimum absolute atomic E-state index is 0.180. The number of phenolic OH excluding ortho intramolecular Hbond substituents is 1. The quantitative estimate of drug-likeness (QED) is 0.574. The maximum absolute atomic E-state index is 12.5. The molecule has 1 fully saturated rings. The van der Waals surface area contributed by atoms with E-state index in [9.17, 15) is 14.7 Å². The van der Waals surface area contributed by atoms with Crippen molar-refractivity contribution >= 4 is 23.4 Å². The molecule has 0 aliphatic carbocycles. The van der Waals surface area contributed by atoms with E-state index >= 15 is 0 Å². The monoisotopic (exact) mass is 397 g/mol. The van der Waals surface area contributed by atoms with E-state index in [4.69, 9.17) is 4.74 Å². The molecule has 1 aliphatic rings. The third-order valence-corrected chi connectivity index (χ3v) is 4.89. The van der Waals surface area contributed by atoms with Crippen LogP contribution in [0.2, 0.25) is 0 Å². The number of hydrogen-bond acceptors (Lipinski definition) is 5. The minimum atomic E-state index is -0.350. The van der Waals surface area contributed by atoms with Crippen LogP contribution in [0, 0.1) is 0 Å². The molecule has 0 spiro atoms. The van der Waals surface area contributed by atoms with Gasteiger partial charge in [0.15, 0.2) is 0 Å². The van der Waals surface area contributed by atoms with Crippen LogP contribution in [0.3, 0.4) is 0 Å². The standard InChI is InChI=1S/C22H27N3O4/c1-2-3-16-29-21(27)17-8-10-18(11-9-17)23-22(28)25-14-12-24(13-15-25)19-6-4-5-7-20(19)26/h4-11,26H,2-3,12-16H2,1H3,(H,23,28). The molecule has 2 aromatic rings. The number of benzene rings is 2. The van der Waals surface area contributed by atoms with Crippen molar-refractivity contribution in [3.63, 3.8) is 0 Å². The summed E-state index contributed by atoms with van der Waals surface area (Å²) in [5.74, 6) is -0.102. The van der Waals surface area contributed by atoms with Crippen molar-refractivity contribution in [1.82, 2.24) is 4.90 Å². The maximum atomic E-state index is 12.5. The Morgan fingerprint density at radius 2 is 1.72 bits per heavy atom. The van der Waals surface area contributed by atoms with Crippen molar-refractivity contribution in [1.29, 1.82) is 0 Å². The predicted octanol–water partition coefficient (Wildman–Crippen LogP) is 3.70. The summed E-state index contributed by atoms with van der Waals surface area (Å²) in [5.41, 5.74) is 1.88. The number of carbonyl (C=O) groups excluding carboxylic acids is 2. The van der Waals surface area contributed by atoms with E-state index in [0.717, 1.165) is 18.5 Å². The molecular formula is C22H27N3O4. The van der Waals surface area contributed by atoms with Crippen molar-refractivity contribution in [2.75, 3.05) is 43.0 Å². The molecule has 1 heterocycles. The van der Waals surface area contributed by atoms with Gasteiger partial charge in [0.1, 0.15) is 5.75 Å². The van der Waals surface area contributed by atoms with E-state index in [1.807, 2.05) is 19.1 Å². The van der Waals surface area contributed by atoms with Crippen LogP contribution in [-0.2, 0) is 4.74 Å². The normalized spacial score (nSPS) is 13.8. The Kier molecular flexibility index (Phi) is 6.94. The number of para-hydroxylation sites is 2. The first-order chi connectivity index (χ1) is 14.1. The zero-order valence-corrected chi connectivity index (χ0v) is 16.6. The van der Waals surface area contributed by atoms with Crippen LogP contribution < -0.4 is 10.2 Å². The summed E-state index contributed by atoms with van der Waals surface area (Å²) >= 11 is 0. The van der Waals surface area contributed by atoms with Crippen molar-refractivity contribution in [2.45, 2.75) is 19.8 Å². The van der Waals surface area contributed by atoms with Gasteiger partial charge in [-0.25, -0.2) is 9.59 Å². The maximum Gasteiger partial charge on any atom is 0.338 e. The van der Waals surface area contributed by atoms with Crippen molar-refractivity contribution in [2.24, 2.45) is 0 Å². The van der Waals surface area contributed by atoms with Crippen LogP contribution in [-0.4, -0.2) is 54.8 Å². The Hall–Kier alpha value is -3.22. The van der Waals surface area contributed by atoms with Gasteiger partial charge in [0.25, 0.3) is 0 Å². The number of ether oxygens (including phenoxy) is 1. The molecule has 1 saturated heterocycles. The Labute approximate surface area is 170 Å². The number of piperazine rings is 1. The summed E-state index contributed by atoms with van der Waals surface area (Å²) in [4.78, 5) is 28.3. The second-order valence-electron chi connectivity index (χ2n) is 6.96. The number of esters is 1. The molecule has 2 aromatic carbocycles. The van der Waals surface area contributed by atoms with Gasteiger partial charge in [0.2, 0.25) is 0 Å². The summed E-state index contributed by atoms with van der Waals surface area (Å²) < 4.78 is 5.18. The lowest BCUT2D eigenvalue weighted by molar-refractivity contribution is 0.0499. The molecule has 0 radical (unpaired) electrons. The van der Waals surface area contributed by atoms with Crippen LogP contribution in [0.1, 0.15) is 30.1 Å². The number of urea groups is 1. The van der Waals surface area contributed by atoms with Gasteiger partial charge in [0, 0.05) is 31.9 Å². The molecule has 7 heteroatoms. The lowest BCUT2D eigenvalue weighted by atomic mass is 10.2.